The van der Waals surface area contributed by atoms with Crippen molar-refractivity contribution in [3.8, 4) is 5.75 Å². The number of aliphatic hydroxyl groups is 3. The van der Waals surface area contributed by atoms with Gasteiger partial charge in [-0.2, -0.15) is 0 Å². The summed E-state index contributed by atoms with van der Waals surface area (Å²) < 4.78 is 0. The smallest absolute Gasteiger partial charge is 0.255 e. The lowest BCUT2D eigenvalue weighted by atomic mass is 9.58. The lowest BCUT2D eigenvalue weighted by molar-refractivity contribution is -0.148. The van der Waals surface area contributed by atoms with Gasteiger partial charge < -0.3 is 31.1 Å². The van der Waals surface area contributed by atoms with Crippen molar-refractivity contribution in [2.24, 2.45) is 17.6 Å². The molecule has 10 nitrogen and oxygen atoms in total. The van der Waals surface area contributed by atoms with Crippen LogP contribution in [0.1, 0.15) is 41.6 Å². The number of Topliss-reactive ketones (excluding diaryl/α,β-unsaturated/α-hetero) is 2. The third-order valence-electron chi connectivity index (χ3n) is 8.27. The fourth-order valence-corrected chi connectivity index (χ4v) is 6.60. The molecule has 4 aliphatic rings. The Morgan fingerprint density at radius 2 is 1.78 bits per heavy atom. The van der Waals surface area contributed by atoms with Crippen LogP contribution in [0, 0.1) is 11.8 Å². The Morgan fingerprint density at radius 1 is 1.11 bits per heavy atom. The van der Waals surface area contributed by atoms with E-state index in [0.717, 1.165) is 32.4 Å². The summed E-state index contributed by atoms with van der Waals surface area (Å²) in [5.74, 6) is -6.30. The molecule has 0 bridgehead atoms. The average Bonchev–Trinajstić information content (AvgIpc) is 2.81. The third kappa shape index (κ3) is 3.20. The number of nitrogens with zero attached hydrogens (tertiary/aromatic N) is 2. The summed E-state index contributed by atoms with van der Waals surface area (Å²) >= 11 is 0. The number of hydrogen-bond acceptors (Lipinski definition) is 9. The number of likely N-dealkylation sites (N-methyl/N-ethyl adjacent to an activating group) is 1. The van der Waals surface area contributed by atoms with Crippen molar-refractivity contribution in [2.45, 2.75) is 43.7 Å². The van der Waals surface area contributed by atoms with E-state index in [9.17, 15) is 34.8 Å². The van der Waals surface area contributed by atoms with Crippen LogP contribution in [0.4, 0.5) is 5.69 Å². The normalized spacial score (nSPS) is 30.3. The van der Waals surface area contributed by atoms with Gasteiger partial charge in [0, 0.05) is 24.6 Å². The largest absolute Gasteiger partial charge is 0.510 e. The zero-order chi connectivity index (χ0) is 26.1. The minimum atomic E-state index is -2.62. The molecule has 5 rings (SSSR count). The number of rotatable bonds is 3. The number of primary amides is 1. The number of carbonyl (C=O) groups excluding carboxylic acids is 3. The maximum Gasteiger partial charge on any atom is 0.255 e. The molecule has 1 aliphatic heterocycles. The molecule has 1 amide bonds. The summed E-state index contributed by atoms with van der Waals surface area (Å²) in [6, 6.07) is 2.62. The number of hydrogen-bond donors (Lipinski definition) is 5. The van der Waals surface area contributed by atoms with Crippen molar-refractivity contribution >= 4 is 23.2 Å². The van der Waals surface area contributed by atoms with Gasteiger partial charge in [-0.1, -0.05) is 6.07 Å². The highest BCUT2D eigenvalue weighted by Gasteiger charge is 2.63. The summed E-state index contributed by atoms with van der Waals surface area (Å²) in [5, 5.41) is 44.9. The van der Waals surface area contributed by atoms with Gasteiger partial charge in [0.05, 0.1) is 17.3 Å². The molecule has 0 radical (unpaired) electrons. The minimum Gasteiger partial charge on any atom is -0.510 e. The van der Waals surface area contributed by atoms with Crippen molar-refractivity contribution in [3.05, 3.63) is 45.9 Å². The molecule has 1 aromatic carbocycles. The minimum absolute atomic E-state index is 0.0545. The van der Waals surface area contributed by atoms with Gasteiger partial charge in [0.1, 0.15) is 22.8 Å². The summed E-state index contributed by atoms with van der Waals surface area (Å²) in [5.41, 5.74) is 3.00. The number of amides is 1. The number of ketones is 2. The molecular weight excluding hydrogens is 466 g/mol. The quantitative estimate of drug-likeness (QED) is 0.385. The van der Waals surface area contributed by atoms with E-state index in [1.165, 1.54) is 4.90 Å². The first-order valence-electron chi connectivity index (χ1n) is 12.2. The molecule has 1 fully saturated rings. The molecule has 3 aliphatic carbocycles. The van der Waals surface area contributed by atoms with E-state index in [0.29, 0.717) is 17.7 Å². The molecule has 4 atom stereocenters. The van der Waals surface area contributed by atoms with Crippen LogP contribution in [-0.2, 0) is 16.0 Å². The molecule has 0 saturated carbocycles. The van der Waals surface area contributed by atoms with E-state index in [2.05, 4.69) is 0 Å². The number of aromatic hydroxyl groups is 1. The molecule has 1 aromatic rings. The maximum atomic E-state index is 13.8. The number of carbonyl (C=O) groups is 3. The summed E-state index contributed by atoms with van der Waals surface area (Å²) in [7, 11) is 3.21. The van der Waals surface area contributed by atoms with Crippen LogP contribution in [0.25, 0.3) is 0 Å². The van der Waals surface area contributed by atoms with Gasteiger partial charge in [0.15, 0.2) is 11.4 Å². The van der Waals surface area contributed by atoms with Crippen LogP contribution in [0.5, 0.6) is 5.75 Å². The SMILES string of the molecule is CN(C)[C@@H]1C(O)=C(C(N)=O)C(=O)[C@@]2(O)C(O)=C3C(=O)c4c(ccc(N5CCCCC5)c4O)C[C@H]3C[C@@H]12. The number of allylic oxidation sites excluding steroid dienone is 1. The first kappa shape index (κ1) is 24.3. The van der Waals surface area contributed by atoms with Crippen LogP contribution in [0.2, 0.25) is 0 Å². The number of fused-ring (bicyclic) bond motifs is 3. The Hall–Kier alpha value is -3.37. The summed E-state index contributed by atoms with van der Waals surface area (Å²) in [4.78, 5) is 42.7. The van der Waals surface area contributed by atoms with E-state index in [1.807, 2.05) is 11.0 Å². The highest BCUT2D eigenvalue weighted by molar-refractivity contribution is 6.24. The van der Waals surface area contributed by atoms with Gasteiger partial charge >= 0.3 is 0 Å². The first-order chi connectivity index (χ1) is 17.0. The Bertz CT molecular complexity index is 1240. The maximum absolute atomic E-state index is 13.8. The molecule has 1 saturated heterocycles. The molecule has 192 valence electrons. The Morgan fingerprint density at radius 3 is 2.39 bits per heavy atom. The zero-order valence-electron chi connectivity index (χ0n) is 20.3. The van der Waals surface area contributed by atoms with Gasteiger partial charge in [-0.15, -0.1) is 0 Å². The van der Waals surface area contributed by atoms with Crippen molar-refractivity contribution in [3.63, 3.8) is 0 Å². The first-order valence-corrected chi connectivity index (χ1v) is 12.2. The topological polar surface area (TPSA) is 165 Å². The molecule has 10 heteroatoms. The van der Waals surface area contributed by atoms with Crippen LogP contribution in [0.15, 0.2) is 34.8 Å². The zero-order valence-corrected chi connectivity index (χ0v) is 20.3. The molecule has 0 aromatic heterocycles. The Labute approximate surface area is 208 Å². The number of benzene rings is 1. The monoisotopic (exact) mass is 497 g/mol. The number of piperidine rings is 1. The third-order valence-corrected chi connectivity index (χ3v) is 8.27. The van der Waals surface area contributed by atoms with Crippen molar-refractivity contribution in [2.75, 3.05) is 32.1 Å². The predicted octanol–water partition coefficient (Wildman–Crippen LogP) is 1.11. The molecular formula is C26H31N3O7. The Kier molecular flexibility index (Phi) is 5.64. The van der Waals surface area contributed by atoms with Gasteiger partial charge in [-0.3, -0.25) is 19.3 Å². The molecule has 1 heterocycles. The fourth-order valence-electron chi connectivity index (χ4n) is 6.60. The fraction of sp³-hybridized carbons (Fsp3) is 0.500. The van der Waals surface area contributed by atoms with Gasteiger partial charge in [0.25, 0.3) is 5.91 Å². The Balaban J connectivity index is 1.66. The highest BCUT2D eigenvalue weighted by Crippen LogP contribution is 2.52. The van der Waals surface area contributed by atoms with E-state index in [4.69, 9.17) is 5.73 Å². The van der Waals surface area contributed by atoms with Crippen molar-refractivity contribution < 1.29 is 34.8 Å². The molecule has 6 N–H and O–H groups in total. The van der Waals surface area contributed by atoms with Gasteiger partial charge in [0.2, 0.25) is 5.78 Å². The second-order valence-corrected chi connectivity index (χ2v) is 10.5. The standard InChI is InChI=1S/C26H31N3O7/c1-28(2)19-14-11-13-10-12-6-7-15(29-8-4-3-5-9-29)20(30)16(12)21(31)17(13)23(33)26(14,36)24(34)18(22(19)32)25(27)35/h6-7,13-14,19,30,32-33,36H,3-5,8-11H2,1-2H3,(H2,27,35)/t13-,14-,19-,26-/m0/s1. The number of anilines is 1. The number of aliphatic hydroxyl groups excluding tert-OH is 2. The number of phenolic OH excluding ortho intramolecular Hbond substituents is 1. The second-order valence-electron chi connectivity index (χ2n) is 10.5. The molecule has 0 spiro atoms. The molecule has 36 heavy (non-hydrogen) atoms. The second kappa shape index (κ2) is 8.35. The van der Waals surface area contributed by atoms with E-state index < -0.39 is 58.0 Å². The highest BCUT2D eigenvalue weighted by atomic mass is 16.3. The van der Waals surface area contributed by atoms with Crippen LogP contribution >= 0.6 is 0 Å². The van der Waals surface area contributed by atoms with Gasteiger partial charge in [-0.05, 0) is 63.7 Å². The lowest BCUT2D eigenvalue weighted by Gasteiger charge is -2.50. The summed E-state index contributed by atoms with van der Waals surface area (Å²) in [6.07, 6.45) is 3.43. The number of phenols is 1. The number of nitrogens with two attached hydrogens (primary N) is 1. The lowest BCUT2D eigenvalue weighted by Crippen LogP contribution is -2.63. The van der Waals surface area contributed by atoms with Crippen LogP contribution in [-0.4, -0.2) is 81.6 Å². The van der Waals surface area contributed by atoms with E-state index in [-0.39, 0.29) is 23.3 Å². The van der Waals surface area contributed by atoms with Gasteiger partial charge in [-0.25, -0.2) is 0 Å². The predicted molar refractivity (Wildman–Crippen MR) is 130 cm³/mol. The van der Waals surface area contributed by atoms with Crippen LogP contribution < -0.4 is 10.6 Å². The van der Waals surface area contributed by atoms with E-state index >= 15 is 0 Å². The van der Waals surface area contributed by atoms with Crippen LogP contribution in [0.3, 0.4) is 0 Å². The molecule has 0 unspecified atom stereocenters. The van der Waals surface area contributed by atoms with Crippen molar-refractivity contribution in [1.29, 1.82) is 0 Å². The van der Waals surface area contributed by atoms with Crippen molar-refractivity contribution in [1.82, 2.24) is 4.90 Å². The average molecular weight is 498 g/mol. The summed E-state index contributed by atoms with van der Waals surface area (Å²) in [6.45, 7) is 1.51. The van der Waals surface area contributed by atoms with E-state index in [1.54, 1.807) is 20.2 Å².